The van der Waals surface area contributed by atoms with Crippen LogP contribution in [0, 0.1) is 0 Å². The summed E-state index contributed by atoms with van der Waals surface area (Å²) in [6.07, 6.45) is 6.11. The second kappa shape index (κ2) is 38.6. The highest BCUT2D eigenvalue weighted by Gasteiger charge is 2.20. The Morgan fingerprint density at radius 1 is 0.485 bits per heavy atom. The zero-order valence-electron chi connectivity index (χ0n) is 41.6. The lowest BCUT2D eigenvalue weighted by Crippen LogP contribution is -2.30. The third-order valence-electron chi connectivity index (χ3n) is 7.49. The normalized spacial score (nSPS) is 9.47. The van der Waals surface area contributed by atoms with E-state index in [4.69, 9.17) is 14.2 Å². The summed E-state index contributed by atoms with van der Waals surface area (Å²) >= 11 is 0. The van der Waals surface area contributed by atoms with Crippen molar-refractivity contribution >= 4 is 59.5 Å². The summed E-state index contributed by atoms with van der Waals surface area (Å²) in [6.45, 7) is 52.1. The largest absolute Gasteiger partial charge is 0.459 e. The molecule has 0 aliphatic carbocycles. The molecule has 0 N–H and O–H groups in total. The van der Waals surface area contributed by atoms with Gasteiger partial charge >= 0.3 is 23.9 Å². The number of Topliss-reactive ketones (excluding diaryl/α,β-unsaturated/α-hetero) is 1. The maximum atomic E-state index is 11.4. The Labute approximate surface area is 406 Å². The van der Waals surface area contributed by atoms with E-state index in [-0.39, 0.29) is 43.4 Å². The Kier molecular flexibility index (Phi) is 36.6. The van der Waals surface area contributed by atoms with Crippen LogP contribution in [0.25, 0.3) is 29.9 Å². The molecule has 0 aliphatic rings. The first kappa shape index (κ1) is 64.6. The van der Waals surface area contributed by atoms with Gasteiger partial charge in [-0.15, -0.1) is 6.58 Å². The molecule has 68 heavy (non-hydrogen) atoms. The molecule has 10 nitrogen and oxygen atoms in total. The molecule has 0 amide bonds. The molecule has 0 fully saturated rings. The summed E-state index contributed by atoms with van der Waals surface area (Å²) in [7, 11) is 0. The van der Waals surface area contributed by atoms with Gasteiger partial charge in [-0.2, -0.15) is 0 Å². The second-order valence-corrected chi connectivity index (χ2v) is 14.8. The van der Waals surface area contributed by atoms with Gasteiger partial charge in [0.05, 0.1) is 0 Å². The summed E-state index contributed by atoms with van der Waals surface area (Å²) in [5, 5.41) is 0. The van der Waals surface area contributed by atoms with E-state index in [1.807, 2.05) is 112 Å². The quantitative estimate of drug-likeness (QED) is 0.0286. The first-order valence-corrected chi connectivity index (χ1v) is 21.0. The van der Waals surface area contributed by atoms with Crippen molar-refractivity contribution in [3.63, 3.8) is 0 Å². The molecule has 364 valence electrons. The van der Waals surface area contributed by atoms with Gasteiger partial charge in [-0.1, -0.05) is 174 Å². The Morgan fingerprint density at radius 2 is 0.868 bits per heavy atom. The van der Waals surface area contributed by atoms with Crippen LogP contribution in [-0.4, -0.2) is 62.4 Å². The lowest BCUT2D eigenvalue weighted by Gasteiger charge is -2.18. The Hall–Kier alpha value is -7.69. The number of carbonyl (C=O) groups excluding carboxylic acids is 5. The number of carbonyl (C=O) groups is 5. The monoisotopic (exact) mass is 929 g/mol. The third-order valence-corrected chi connectivity index (χ3v) is 7.49. The highest BCUT2D eigenvalue weighted by atomic mass is 16.7. The number of rotatable bonds is 19. The van der Waals surface area contributed by atoms with E-state index in [1.165, 1.54) is 31.9 Å². The van der Waals surface area contributed by atoms with Crippen LogP contribution in [0.5, 0.6) is 0 Å². The van der Waals surface area contributed by atoms with Crippen LogP contribution in [0.3, 0.4) is 0 Å². The lowest BCUT2D eigenvalue weighted by atomic mass is 10.1. The number of ketones is 1. The van der Waals surface area contributed by atoms with Gasteiger partial charge in [0.15, 0.2) is 12.4 Å². The van der Waals surface area contributed by atoms with Gasteiger partial charge in [-0.3, -0.25) is 4.79 Å². The van der Waals surface area contributed by atoms with Crippen molar-refractivity contribution in [2.75, 3.05) is 26.4 Å². The first-order chi connectivity index (χ1) is 31.9. The smallest absolute Gasteiger partial charge is 0.335 e. The van der Waals surface area contributed by atoms with Crippen LogP contribution >= 0.6 is 0 Å². The van der Waals surface area contributed by atoms with Crippen molar-refractivity contribution in [2.24, 2.45) is 0 Å². The predicted molar refractivity (Wildman–Crippen MR) is 283 cm³/mol. The van der Waals surface area contributed by atoms with Crippen molar-refractivity contribution in [2.45, 2.75) is 61.7 Å². The lowest BCUT2D eigenvalue weighted by molar-refractivity contribution is -0.190. The third kappa shape index (κ3) is 34.7. The average Bonchev–Trinajstić information content (AvgIpc) is 3.31. The maximum absolute atomic E-state index is 11.4. The number of ether oxygens (including phenoxy) is 5. The van der Waals surface area contributed by atoms with E-state index >= 15 is 0 Å². The molecule has 0 heterocycles. The number of allylic oxidation sites excluding steroid dienone is 2. The van der Waals surface area contributed by atoms with Crippen LogP contribution < -0.4 is 0 Å². The minimum Gasteiger partial charge on any atom is -0.459 e. The fraction of sp³-hybridized carbons (Fsp3) is 0.224. The van der Waals surface area contributed by atoms with E-state index in [2.05, 4.69) is 94.0 Å². The van der Waals surface area contributed by atoms with Gasteiger partial charge in [0.25, 0.3) is 0 Å². The molecule has 0 saturated carbocycles. The zero-order chi connectivity index (χ0) is 52.8. The molecular formula is C58H72O10. The van der Waals surface area contributed by atoms with Crippen molar-refractivity contribution in [1.82, 2.24) is 0 Å². The highest BCUT2D eigenvalue weighted by Crippen LogP contribution is 2.11. The summed E-state index contributed by atoms with van der Waals surface area (Å²) < 4.78 is 24.2. The van der Waals surface area contributed by atoms with E-state index in [1.54, 1.807) is 13.8 Å². The van der Waals surface area contributed by atoms with Gasteiger partial charge in [-0.25, -0.2) is 19.2 Å². The molecule has 0 aliphatic heterocycles. The predicted octanol–water partition coefficient (Wildman–Crippen LogP) is 13.2. The number of hydrogen-bond acceptors (Lipinski definition) is 10. The Morgan fingerprint density at radius 3 is 1.19 bits per heavy atom. The molecule has 1 atom stereocenters. The molecule has 3 aromatic rings. The maximum Gasteiger partial charge on any atom is 0.335 e. The van der Waals surface area contributed by atoms with E-state index in [9.17, 15) is 24.0 Å². The van der Waals surface area contributed by atoms with Crippen LogP contribution in [0.2, 0.25) is 0 Å². The van der Waals surface area contributed by atoms with Gasteiger partial charge in [0, 0.05) is 22.3 Å². The molecule has 0 aromatic heterocycles. The number of benzene rings is 3. The minimum absolute atomic E-state index is 0.0325. The van der Waals surface area contributed by atoms with Crippen molar-refractivity contribution in [1.29, 1.82) is 0 Å². The summed E-state index contributed by atoms with van der Waals surface area (Å²) in [4.78, 5) is 55.8. The van der Waals surface area contributed by atoms with Gasteiger partial charge in [0.1, 0.15) is 19.8 Å². The van der Waals surface area contributed by atoms with Crippen molar-refractivity contribution in [3.05, 3.63) is 212 Å². The van der Waals surface area contributed by atoms with Crippen molar-refractivity contribution < 1.29 is 47.7 Å². The average molecular weight is 929 g/mol. The molecule has 0 spiro atoms. The zero-order valence-corrected chi connectivity index (χ0v) is 41.6. The van der Waals surface area contributed by atoms with E-state index in [0.29, 0.717) is 16.7 Å². The van der Waals surface area contributed by atoms with Crippen LogP contribution in [0.15, 0.2) is 185 Å². The standard InChI is InChI=1S/C15H20O6.C10H14O4.2C10H10.C9H10.C4H8/c1-9(2)12(16)7-19-13(21-15(18)11(5)6)8-20-14(17)10(3)4;1-7(2)9(11)13-5-6-14-10(12)8(3)4;1-3-9-6-5-7-10(4-2)8-9;1-3-9-7-5-6-8-10(9)4-2;1-8(2)9-6-4-3-5-7-9;1-4(2)3/h13H,1,3,5,7-8H2,2,4,6H3;1,3,5-6H2,2,4H3;2*3-8H,1-2H2;3-7H,1H2,2H3;1H2,2-3H3. The minimum atomic E-state index is -1.21. The van der Waals surface area contributed by atoms with Gasteiger partial charge < -0.3 is 23.7 Å². The molecule has 0 radical (unpaired) electrons. The molecule has 3 aromatic carbocycles. The fourth-order valence-corrected chi connectivity index (χ4v) is 3.83. The molecular weight excluding hydrogens is 857 g/mol. The SMILES string of the molecule is C=C(C)C.C=C(C)C(=O)COC(COC(=O)C(=C)C)OC(=O)C(=C)C.C=C(C)C(=O)OCCOC(=O)C(=C)C.C=C(C)c1ccccc1.C=Cc1cccc(C=C)c1.C=Cc1ccccc1C=C. The second-order valence-electron chi connectivity index (χ2n) is 14.8. The fourth-order valence-electron chi connectivity index (χ4n) is 3.83. The summed E-state index contributed by atoms with van der Waals surface area (Å²) in [5.41, 5.74) is 9.34. The Balaban J connectivity index is -0.000000787. The van der Waals surface area contributed by atoms with Crippen LogP contribution in [0.4, 0.5) is 0 Å². The Bertz CT molecular complexity index is 2120. The van der Waals surface area contributed by atoms with Crippen LogP contribution in [0.1, 0.15) is 83.2 Å². The number of hydrogen-bond donors (Lipinski definition) is 0. The molecule has 3 rings (SSSR count). The summed E-state index contributed by atoms with van der Waals surface area (Å²) in [6, 6.07) is 26.2. The van der Waals surface area contributed by atoms with Crippen LogP contribution in [-0.2, 0) is 47.7 Å². The van der Waals surface area contributed by atoms with E-state index < -0.39 is 30.2 Å². The van der Waals surface area contributed by atoms with Gasteiger partial charge in [0.2, 0.25) is 6.29 Å². The molecule has 10 heteroatoms. The highest BCUT2D eigenvalue weighted by molar-refractivity contribution is 5.95. The topological polar surface area (TPSA) is 132 Å². The first-order valence-electron chi connectivity index (χ1n) is 21.0. The van der Waals surface area contributed by atoms with Gasteiger partial charge in [-0.05, 0) is 94.8 Å². The summed E-state index contributed by atoms with van der Waals surface area (Å²) in [5.74, 6) is -2.69. The number of esters is 4. The molecule has 1 unspecified atom stereocenters. The van der Waals surface area contributed by atoms with E-state index in [0.717, 1.165) is 27.8 Å². The molecule has 0 saturated heterocycles. The van der Waals surface area contributed by atoms with Crippen molar-refractivity contribution in [3.8, 4) is 0 Å². The molecule has 0 bridgehead atoms.